The maximum atomic E-state index is 12.4. The van der Waals surface area contributed by atoms with Crippen LogP contribution >= 0.6 is 12.2 Å². The predicted octanol–water partition coefficient (Wildman–Crippen LogP) is 4.28. The minimum Gasteiger partial charge on any atom is -0.490 e. The normalized spacial score (nSPS) is 10.2. The van der Waals surface area contributed by atoms with Crippen LogP contribution in [0.1, 0.15) is 37.0 Å². The molecule has 0 aliphatic carbocycles. The van der Waals surface area contributed by atoms with Crippen molar-refractivity contribution in [2.24, 2.45) is 0 Å². The van der Waals surface area contributed by atoms with Gasteiger partial charge in [-0.15, -0.1) is 0 Å². The first kappa shape index (κ1) is 21.7. The topological polar surface area (TPSA) is 50.8 Å². The molecule has 0 unspecified atom stereocenters. The standard InChI is InChI=1S/C22H28N2O3S/c1-3-14-24(15-4-2)22(28)23-21(25)18-10-12-20(13-11-18)27-17-16-26-19-8-6-5-7-9-19/h5-13H,3-4,14-17H2,1-2H3,(H,23,25,28). The third-order valence-corrected chi connectivity index (χ3v) is 4.34. The molecule has 0 heterocycles. The molecule has 28 heavy (non-hydrogen) atoms. The van der Waals surface area contributed by atoms with Gasteiger partial charge in [-0.25, -0.2) is 0 Å². The molecule has 2 rings (SSSR count). The minimum absolute atomic E-state index is 0.207. The second-order valence-corrected chi connectivity index (χ2v) is 6.67. The Morgan fingerprint density at radius 2 is 1.43 bits per heavy atom. The molecule has 2 aromatic rings. The van der Waals surface area contributed by atoms with Gasteiger partial charge in [-0.3, -0.25) is 10.1 Å². The first-order valence-electron chi connectivity index (χ1n) is 9.65. The van der Waals surface area contributed by atoms with E-state index in [4.69, 9.17) is 21.7 Å². The number of hydrogen-bond donors (Lipinski definition) is 1. The molecule has 5 nitrogen and oxygen atoms in total. The maximum absolute atomic E-state index is 12.4. The number of amides is 1. The smallest absolute Gasteiger partial charge is 0.257 e. The van der Waals surface area contributed by atoms with Crippen LogP contribution in [0.5, 0.6) is 11.5 Å². The van der Waals surface area contributed by atoms with Gasteiger partial charge in [0.15, 0.2) is 5.11 Å². The van der Waals surface area contributed by atoms with Crippen LogP contribution in [0.3, 0.4) is 0 Å². The number of carbonyl (C=O) groups excluding carboxylic acids is 1. The molecule has 0 bridgehead atoms. The van der Waals surface area contributed by atoms with Gasteiger partial charge in [-0.05, 0) is 61.5 Å². The highest BCUT2D eigenvalue weighted by Gasteiger charge is 2.13. The van der Waals surface area contributed by atoms with E-state index < -0.39 is 0 Å². The highest BCUT2D eigenvalue weighted by Crippen LogP contribution is 2.13. The molecule has 150 valence electrons. The highest BCUT2D eigenvalue weighted by atomic mass is 32.1. The second kappa shape index (κ2) is 12.0. The summed E-state index contributed by atoms with van der Waals surface area (Å²) in [7, 11) is 0. The summed E-state index contributed by atoms with van der Waals surface area (Å²) in [6.07, 6.45) is 1.96. The monoisotopic (exact) mass is 400 g/mol. The van der Waals surface area contributed by atoms with Crippen molar-refractivity contribution in [3.05, 3.63) is 60.2 Å². The van der Waals surface area contributed by atoms with E-state index in [2.05, 4.69) is 19.2 Å². The average Bonchev–Trinajstić information content (AvgIpc) is 2.72. The summed E-state index contributed by atoms with van der Waals surface area (Å²) in [5.74, 6) is 1.30. The zero-order chi connectivity index (χ0) is 20.2. The third-order valence-electron chi connectivity index (χ3n) is 3.98. The third kappa shape index (κ3) is 7.19. The van der Waals surface area contributed by atoms with Crippen molar-refractivity contribution < 1.29 is 14.3 Å². The van der Waals surface area contributed by atoms with Crippen molar-refractivity contribution in [2.45, 2.75) is 26.7 Å². The molecule has 0 fully saturated rings. The second-order valence-electron chi connectivity index (χ2n) is 6.28. The lowest BCUT2D eigenvalue weighted by Gasteiger charge is -2.24. The van der Waals surface area contributed by atoms with Gasteiger partial charge in [0.25, 0.3) is 5.91 Å². The van der Waals surface area contributed by atoms with Gasteiger partial charge < -0.3 is 14.4 Å². The van der Waals surface area contributed by atoms with Gasteiger partial charge in [-0.1, -0.05) is 32.0 Å². The molecule has 2 aromatic carbocycles. The minimum atomic E-state index is -0.207. The molecule has 0 spiro atoms. The van der Waals surface area contributed by atoms with E-state index >= 15 is 0 Å². The Kier molecular flexibility index (Phi) is 9.28. The molecule has 0 radical (unpaired) electrons. The number of para-hydroxylation sites is 1. The summed E-state index contributed by atoms with van der Waals surface area (Å²) in [5, 5.41) is 3.29. The number of hydrogen-bond acceptors (Lipinski definition) is 4. The van der Waals surface area contributed by atoms with E-state index in [-0.39, 0.29) is 5.91 Å². The number of ether oxygens (including phenoxy) is 2. The summed E-state index contributed by atoms with van der Waals surface area (Å²) >= 11 is 5.37. The van der Waals surface area contributed by atoms with Crippen molar-refractivity contribution in [1.82, 2.24) is 10.2 Å². The van der Waals surface area contributed by atoms with Crippen molar-refractivity contribution in [1.29, 1.82) is 0 Å². The molecule has 6 heteroatoms. The van der Waals surface area contributed by atoms with Crippen LogP contribution in [-0.2, 0) is 0 Å². The number of nitrogens with zero attached hydrogens (tertiary/aromatic N) is 1. The fraction of sp³-hybridized carbons (Fsp3) is 0.364. The van der Waals surface area contributed by atoms with Gasteiger partial charge >= 0.3 is 0 Å². The lowest BCUT2D eigenvalue weighted by atomic mass is 10.2. The predicted molar refractivity (Wildman–Crippen MR) is 116 cm³/mol. The SMILES string of the molecule is CCCN(CCC)C(=S)NC(=O)c1ccc(OCCOc2ccccc2)cc1. The zero-order valence-corrected chi connectivity index (χ0v) is 17.3. The van der Waals surface area contributed by atoms with Crippen LogP contribution in [0, 0.1) is 0 Å². The zero-order valence-electron chi connectivity index (χ0n) is 16.5. The number of rotatable bonds is 10. The first-order chi connectivity index (χ1) is 13.6. The average molecular weight is 401 g/mol. The largest absolute Gasteiger partial charge is 0.490 e. The molecule has 0 saturated heterocycles. The van der Waals surface area contributed by atoms with Crippen LogP contribution in [-0.4, -0.2) is 42.2 Å². The van der Waals surface area contributed by atoms with Crippen LogP contribution in [0.4, 0.5) is 0 Å². The quantitative estimate of drug-likeness (QED) is 0.476. The van der Waals surface area contributed by atoms with Crippen molar-refractivity contribution in [2.75, 3.05) is 26.3 Å². The Morgan fingerprint density at radius 1 is 0.893 bits per heavy atom. The molecule has 1 N–H and O–H groups in total. The van der Waals surface area contributed by atoms with Gasteiger partial charge in [0, 0.05) is 18.7 Å². The Hall–Kier alpha value is -2.60. The van der Waals surface area contributed by atoms with Crippen molar-refractivity contribution >= 4 is 23.2 Å². The van der Waals surface area contributed by atoms with E-state index in [0.29, 0.717) is 29.6 Å². The molecule has 0 aromatic heterocycles. The first-order valence-corrected chi connectivity index (χ1v) is 10.1. The molecule has 0 aliphatic rings. The summed E-state index contributed by atoms with van der Waals surface area (Å²) in [6.45, 7) is 6.74. The Balaban J connectivity index is 1.79. The number of nitrogens with one attached hydrogen (secondary N) is 1. The number of thiocarbonyl (C=S) groups is 1. The van der Waals surface area contributed by atoms with Gasteiger partial charge in [-0.2, -0.15) is 0 Å². The van der Waals surface area contributed by atoms with E-state index in [1.165, 1.54) is 0 Å². The molecule has 0 aliphatic heterocycles. The molecule has 0 atom stereocenters. The Morgan fingerprint density at radius 3 is 1.96 bits per heavy atom. The fourth-order valence-electron chi connectivity index (χ4n) is 2.64. The molecule has 0 saturated carbocycles. The van der Waals surface area contributed by atoms with E-state index in [1.54, 1.807) is 24.3 Å². The maximum Gasteiger partial charge on any atom is 0.257 e. The Labute approximate surface area is 172 Å². The summed E-state index contributed by atoms with van der Waals surface area (Å²) in [5.41, 5.74) is 0.545. The van der Waals surface area contributed by atoms with Gasteiger partial charge in [0.2, 0.25) is 0 Å². The lowest BCUT2D eigenvalue weighted by molar-refractivity contribution is 0.0973. The van der Waals surface area contributed by atoms with Gasteiger partial charge in [0.05, 0.1) is 0 Å². The van der Waals surface area contributed by atoms with Crippen molar-refractivity contribution in [3.63, 3.8) is 0 Å². The fourth-order valence-corrected chi connectivity index (χ4v) is 2.92. The van der Waals surface area contributed by atoms with Gasteiger partial charge in [0.1, 0.15) is 24.7 Å². The van der Waals surface area contributed by atoms with Crippen LogP contribution < -0.4 is 14.8 Å². The van der Waals surface area contributed by atoms with E-state index in [0.717, 1.165) is 31.7 Å². The van der Waals surface area contributed by atoms with Crippen LogP contribution in [0.15, 0.2) is 54.6 Å². The lowest BCUT2D eigenvalue weighted by Crippen LogP contribution is -2.43. The summed E-state index contributed by atoms with van der Waals surface area (Å²) in [4.78, 5) is 14.4. The summed E-state index contributed by atoms with van der Waals surface area (Å²) in [6, 6.07) is 16.6. The number of carbonyl (C=O) groups is 1. The van der Waals surface area contributed by atoms with Crippen molar-refractivity contribution in [3.8, 4) is 11.5 Å². The van der Waals surface area contributed by atoms with E-state index in [9.17, 15) is 4.79 Å². The molecular weight excluding hydrogens is 372 g/mol. The molecule has 1 amide bonds. The van der Waals surface area contributed by atoms with E-state index in [1.807, 2.05) is 35.2 Å². The number of benzene rings is 2. The highest BCUT2D eigenvalue weighted by molar-refractivity contribution is 7.80. The molecular formula is C22H28N2O3S. The Bertz CT molecular complexity index is 729. The van der Waals surface area contributed by atoms with Crippen LogP contribution in [0.2, 0.25) is 0 Å². The summed E-state index contributed by atoms with van der Waals surface area (Å²) < 4.78 is 11.2. The van der Waals surface area contributed by atoms with Crippen LogP contribution in [0.25, 0.3) is 0 Å².